The molecule has 102 valence electrons. The van der Waals surface area contributed by atoms with Crippen LogP contribution in [0.5, 0.6) is 0 Å². The summed E-state index contributed by atoms with van der Waals surface area (Å²) in [4.78, 5) is 13.7. The predicted molar refractivity (Wildman–Crippen MR) is 80.6 cm³/mol. The third-order valence-corrected chi connectivity index (χ3v) is 4.01. The standard InChI is InChI=1S/C15H9FN4S/c1-8-2-3-9(6-17-8)12-5-4-10-13(16)11-7-18-21-15(11)20-14(10)19-12/h2-7H,1H3. The van der Waals surface area contributed by atoms with Crippen molar-refractivity contribution < 1.29 is 4.39 Å². The van der Waals surface area contributed by atoms with E-state index in [1.165, 1.54) is 17.7 Å². The van der Waals surface area contributed by atoms with Crippen LogP contribution in [0.2, 0.25) is 0 Å². The van der Waals surface area contributed by atoms with E-state index in [1.54, 1.807) is 18.3 Å². The first-order valence-corrected chi connectivity index (χ1v) is 7.13. The van der Waals surface area contributed by atoms with Crippen molar-refractivity contribution in [2.24, 2.45) is 0 Å². The second-order valence-corrected chi connectivity index (χ2v) is 5.51. The minimum absolute atomic E-state index is 0.315. The fraction of sp³-hybridized carbons (Fsp3) is 0.0667. The Morgan fingerprint density at radius 2 is 1.90 bits per heavy atom. The van der Waals surface area contributed by atoms with Gasteiger partial charge in [0.05, 0.1) is 22.7 Å². The van der Waals surface area contributed by atoms with Crippen molar-refractivity contribution in [3.05, 3.63) is 48.2 Å². The average Bonchev–Trinajstić information content (AvgIpc) is 2.96. The number of aryl methyl sites for hydroxylation is 1. The Kier molecular flexibility index (Phi) is 2.65. The molecule has 0 aliphatic heterocycles. The van der Waals surface area contributed by atoms with Crippen molar-refractivity contribution in [3.63, 3.8) is 0 Å². The van der Waals surface area contributed by atoms with Crippen molar-refractivity contribution in [1.29, 1.82) is 0 Å². The molecule has 0 spiro atoms. The Labute approximate surface area is 123 Å². The Morgan fingerprint density at radius 1 is 1.00 bits per heavy atom. The fourth-order valence-corrected chi connectivity index (χ4v) is 2.82. The first-order valence-electron chi connectivity index (χ1n) is 6.36. The van der Waals surface area contributed by atoms with E-state index in [0.717, 1.165) is 17.0 Å². The van der Waals surface area contributed by atoms with Gasteiger partial charge in [0, 0.05) is 17.5 Å². The highest BCUT2D eigenvalue weighted by Crippen LogP contribution is 2.27. The molecule has 0 aliphatic rings. The van der Waals surface area contributed by atoms with Gasteiger partial charge in [-0.3, -0.25) is 4.98 Å². The van der Waals surface area contributed by atoms with Crippen LogP contribution >= 0.6 is 11.5 Å². The van der Waals surface area contributed by atoms with Gasteiger partial charge in [-0.25, -0.2) is 14.4 Å². The van der Waals surface area contributed by atoms with Gasteiger partial charge in [-0.05, 0) is 42.7 Å². The maximum absolute atomic E-state index is 14.4. The third-order valence-electron chi connectivity index (χ3n) is 3.31. The second kappa shape index (κ2) is 4.53. The number of nitrogens with zero attached hydrogens (tertiary/aromatic N) is 4. The van der Waals surface area contributed by atoms with Gasteiger partial charge in [0.25, 0.3) is 0 Å². The van der Waals surface area contributed by atoms with E-state index in [0.29, 0.717) is 21.3 Å². The molecule has 0 radical (unpaired) electrons. The van der Waals surface area contributed by atoms with Crippen LogP contribution in [-0.4, -0.2) is 19.3 Å². The summed E-state index contributed by atoms with van der Waals surface area (Å²) < 4.78 is 18.3. The molecule has 4 nitrogen and oxygen atoms in total. The van der Waals surface area contributed by atoms with Gasteiger partial charge in [0.1, 0.15) is 10.6 Å². The Bertz CT molecular complexity index is 963. The molecule has 0 atom stereocenters. The van der Waals surface area contributed by atoms with Gasteiger partial charge in [-0.1, -0.05) is 0 Å². The van der Waals surface area contributed by atoms with Crippen molar-refractivity contribution >= 4 is 32.8 Å². The molecular formula is C15H9FN4S. The molecule has 4 heterocycles. The molecule has 0 aromatic carbocycles. The smallest absolute Gasteiger partial charge is 0.164 e. The summed E-state index contributed by atoms with van der Waals surface area (Å²) in [7, 11) is 0. The summed E-state index contributed by atoms with van der Waals surface area (Å²) in [6.07, 6.45) is 3.25. The van der Waals surface area contributed by atoms with Crippen LogP contribution in [0.4, 0.5) is 4.39 Å². The van der Waals surface area contributed by atoms with E-state index >= 15 is 0 Å². The summed E-state index contributed by atoms with van der Waals surface area (Å²) in [6, 6.07) is 7.35. The van der Waals surface area contributed by atoms with Crippen molar-refractivity contribution in [2.75, 3.05) is 0 Å². The van der Waals surface area contributed by atoms with E-state index in [9.17, 15) is 4.39 Å². The SMILES string of the molecule is Cc1ccc(-c2ccc3c(F)c4cnsc4nc3n2)cn1. The van der Waals surface area contributed by atoms with Crippen LogP contribution in [0.1, 0.15) is 5.69 Å². The van der Waals surface area contributed by atoms with Gasteiger partial charge in [-0.15, -0.1) is 0 Å². The normalized spacial score (nSPS) is 11.3. The number of rotatable bonds is 1. The molecule has 4 rings (SSSR count). The topological polar surface area (TPSA) is 51.6 Å². The summed E-state index contributed by atoms with van der Waals surface area (Å²) in [6.45, 7) is 1.93. The second-order valence-electron chi connectivity index (χ2n) is 4.73. The number of hydrogen-bond donors (Lipinski definition) is 0. The van der Waals surface area contributed by atoms with Crippen LogP contribution < -0.4 is 0 Å². The molecule has 0 amide bonds. The molecule has 6 heteroatoms. The van der Waals surface area contributed by atoms with Gasteiger partial charge in [0.2, 0.25) is 0 Å². The first kappa shape index (κ1) is 12.3. The molecule has 0 saturated heterocycles. The summed E-state index contributed by atoms with van der Waals surface area (Å²) in [5, 5.41) is 0.852. The van der Waals surface area contributed by atoms with E-state index in [1.807, 2.05) is 19.1 Å². The lowest BCUT2D eigenvalue weighted by Crippen LogP contribution is -1.92. The lowest BCUT2D eigenvalue weighted by molar-refractivity contribution is 0.650. The zero-order valence-electron chi connectivity index (χ0n) is 11.0. The lowest BCUT2D eigenvalue weighted by Gasteiger charge is -2.04. The zero-order chi connectivity index (χ0) is 14.4. The molecule has 0 aliphatic carbocycles. The Hall–Kier alpha value is -2.47. The van der Waals surface area contributed by atoms with Crippen LogP contribution in [0.15, 0.2) is 36.7 Å². The maximum Gasteiger partial charge on any atom is 0.164 e. The Morgan fingerprint density at radius 3 is 2.71 bits per heavy atom. The van der Waals surface area contributed by atoms with Gasteiger partial charge in [-0.2, -0.15) is 4.37 Å². The quantitative estimate of drug-likeness (QED) is 0.537. The fourth-order valence-electron chi connectivity index (χ4n) is 2.19. The van der Waals surface area contributed by atoms with Gasteiger partial charge < -0.3 is 0 Å². The zero-order valence-corrected chi connectivity index (χ0v) is 11.9. The highest BCUT2D eigenvalue weighted by atomic mass is 32.1. The van der Waals surface area contributed by atoms with E-state index in [4.69, 9.17) is 0 Å². The van der Waals surface area contributed by atoms with Crippen LogP contribution in [0, 0.1) is 12.7 Å². The molecule has 4 aromatic rings. The minimum atomic E-state index is -0.315. The number of fused-ring (bicyclic) bond motifs is 2. The van der Waals surface area contributed by atoms with Crippen molar-refractivity contribution in [2.45, 2.75) is 6.92 Å². The number of aromatic nitrogens is 4. The average molecular weight is 296 g/mol. The van der Waals surface area contributed by atoms with Crippen molar-refractivity contribution in [3.8, 4) is 11.3 Å². The molecule has 4 aromatic heterocycles. The molecule has 0 bridgehead atoms. The summed E-state index contributed by atoms with van der Waals surface area (Å²) in [5.41, 5.74) is 2.94. The first-order chi connectivity index (χ1) is 10.2. The van der Waals surface area contributed by atoms with Crippen LogP contribution in [0.3, 0.4) is 0 Å². The Balaban J connectivity index is 1.97. The number of halogens is 1. The van der Waals surface area contributed by atoms with E-state index in [2.05, 4.69) is 19.3 Å². The monoisotopic (exact) mass is 296 g/mol. The van der Waals surface area contributed by atoms with Crippen LogP contribution in [0.25, 0.3) is 32.5 Å². The van der Waals surface area contributed by atoms with Crippen LogP contribution in [-0.2, 0) is 0 Å². The van der Waals surface area contributed by atoms with Gasteiger partial charge in [0.15, 0.2) is 5.65 Å². The van der Waals surface area contributed by atoms with E-state index in [-0.39, 0.29) is 5.82 Å². The molecule has 0 N–H and O–H groups in total. The molecule has 0 fully saturated rings. The maximum atomic E-state index is 14.4. The van der Waals surface area contributed by atoms with Gasteiger partial charge >= 0.3 is 0 Å². The lowest BCUT2D eigenvalue weighted by atomic mass is 10.1. The highest BCUT2D eigenvalue weighted by molar-refractivity contribution is 7.12. The molecule has 0 unspecified atom stereocenters. The minimum Gasteiger partial charge on any atom is -0.261 e. The molecular weight excluding hydrogens is 287 g/mol. The largest absolute Gasteiger partial charge is 0.261 e. The predicted octanol–water partition coefficient (Wildman–Crippen LogP) is 3.75. The van der Waals surface area contributed by atoms with E-state index < -0.39 is 0 Å². The summed E-state index contributed by atoms with van der Waals surface area (Å²) in [5.74, 6) is -0.315. The number of pyridine rings is 3. The van der Waals surface area contributed by atoms with Crippen molar-refractivity contribution in [1.82, 2.24) is 19.3 Å². The third kappa shape index (κ3) is 1.95. The summed E-state index contributed by atoms with van der Waals surface area (Å²) >= 11 is 1.17. The number of hydrogen-bond acceptors (Lipinski definition) is 5. The highest BCUT2D eigenvalue weighted by Gasteiger charge is 2.12. The molecule has 21 heavy (non-hydrogen) atoms. The molecule has 0 saturated carbocycles.